The lowest BCUT2D eigenvalue weighted by Crippen LogP contribution is -2.25. The molecule has 1 aromatic carbocycles. The summed E-state index contributed by atoms with van der Waals surface area (Å²) in [5, 5.41) is 2.71. The van der Waals surface area contributed by atoms with Gasteiger partial charge in [-0.25, -0.2) is 0 Å². The highest BCUT2D eigenvalue weighted by atomic mass is 19.4. The van der Waals surface area contributed by atoms with Crippen molar-refractivity contribution in [3.63, 3.8) is 0 Å². The summed E-state index contributed by atoms with van der Waals surface area (Å²) in [6.07, 6.45) is -0.943. The summed E-state index contributed by atoms with van der Waals surface area (Å²) < 4.78 is 37.7. The van der Waals surface area contributed by atoms with Crippen LogP contribution in [0.15, 0.2) is 42.7 Å². The molecule has 1 heterocycles. The molecule has 0 bridgehead atoms. The summed E-state index contributed by atoms with van der Waals surface area (Å²) in [7, 11) is 0. The average molecular weight is 308 g/mol. The lowest BCUT2D eigenvalue weighted by Gasteiger charge is -2.12. The second kappa shape index (κ2) is 6.60. The van der Waals surface area contributed by atoms with Crippen molar-refractivity contribution in [2.45, 2.75) is 26.1 Å². The molecule has 116 valence electrons. The molecule has 1 amide bonds. The number of nitrogens with one attached hydrogen (secondary N) is 1. The lowest BCUT2D eigenvalue weighted by molar-refractivity contribution is -0.137. The van der Waals surface area contributed by atoms with Gasteiger partial charge in [-0.15, -0.1) is 0 Å². The average Bonchev–Trinajstić information content (AvgIpc) is 2.46. The van der Waals surface area contributed by atoms with E-state index in [0.717, 1.165) is 17.7 Å². The first kappa shape index (κ1) is 16.0. The van der Waals surface area contributed by atoms with Gasteiger partial charge in [-0.05, 0) is 47.9 Å². The third-order valence-corrected chi connectivity index (χ3v) is 3.26. The maximum absolute atomic E-state index is 12.6. The predicted molar refractivity (Wildman–Crippen MR) is 76.0 cm³/mol. The molecule has 0 aliphatic rings. The fourth-order valence-electron chi connectivity index (χ4n) is 2.01. The van der Waals surface area contributed by atoms with E-state index >= 15 is 0 Å². The van der Waals surface area contributed by atoms with Crippen LogP contribution in [0.1, 0.15) is 22.3 Å². The van der Waals surface area contributed by atoms with E-state index in [-0.39, 0.29) is 18.9 Å². The molecule has 0 unspecified atom stereocenters. The van der Waals surface area contributed by atoms with Crippen LogP contribution in [0.4, 0.5) is 13.2 Å². The maximum Gasteiger partial charge on any atom is 0.416 e. The molecule has 0 aliphatic carbocycles. The van der Waals surface area contributed by atoms with Gasteiger partial charge in [0.05, 0.1) is 12.0 Å². The molecule has 6 heteroatoms. The molecule has 0 saturated carbocycles. The van der Waals surface area contributed by atoms with Crippen LogP contribution in [0.5, 0.6) is 0 Å². The van der Waals surface area contributed by atoms with Crippen LogP contribution in [-0.2, 0) is 23.9 Å². The normalized spacial score (nSPS) is 11.3. The molecule has 0 saturated heterocycles. The van der Waals surface area contributed by atoms with Crippen LogP contribution in [-0.4, -0.2) is 10.9 Å². The molecular formula is C16H15F3N2O. The summed E-state index contributed by atoms with van der Waals surface area (Å²) in [5.41, 5.74) is 1.31. The Hall–Kier alpha value is -2.37. The summed E-state index contributed by atoms with van der Waals surface area (Å²) in [4.78, 5) is 15.7. The second-order valence-electron chi connectivity index (χ2n) is 4.95. The molecule has 1 aromatic heterocycles. The number of aryl methyl sites for hydroxylation is 1. The van der Waals surface area contributed by atoms with E-state index in [4.69, 9.17) is 0 Å². The van der Waals surface area contributed by atoms with E-state index in [1.54, 1.807) is 31.5 Å². The maximum atomic E-state index is 12.6. The Labute approximate surface area is 126 Å². The molecule has 22 heavy (non-hydrogen) atoms. The highest BCUT2D eigenvalue weighted by Crippen LogP contribution is 2.30. The highest BCUT2D eigenvalue weighted by molar-refractivity contribution is 5.78. The van der Waals surface area contributed by atoms with Crippen molar-refractivity contribution in [1.29, 1.82) is 0 Å². The zero-order chi connectivity index (χ0) is 16.2. The summed E-state index contributed by atoms with van der Waals surface area (Å²) in [5.74, 6) is -0.189. The van der Waals surface area contributed by atoms with Crippen molar-refractivity contribution in [1.82, 2.24) is 10.3 Å². The minimum Gasteiger partial charge on any atom is -0.352 e. The van der Waals surface area contributed by atoms with Crippen LogP contribution >= 0.6 is 0 Å². The first-order chi connectivity index (χ1) is 10.4. The van der Waals surface area contributed by atoms with Gasteiger partial charge >= 0.3 is 6.18 Å². The number of alkyl halides is 3. The van der Waals surface area contributed by atoms with E-state index in [9.17, 15) is 18.0 Å². The fraction of sp³-hybridized carbons (Fsp3) is 0.250. The highest BCUT2D eigenvalue weighted by Gasteiger charge is 2.30. The Morgan fingerprint density at radius 1 is 1.18 bits per heavy atom. The Morgan fingerprint density at radius 3 is 2.45 bits per heavy atom. The number of pyridine rings is 1. The number of aromatic nitrogens is 1. The van der Waals surface area contributed by atoms with Gasteiger partial charge in [-0.2, -0.15) is 13.2 Å². The largest absolute Gasteiger partial charge is 0.416 e. The van der Waals surface area contributed by atoms with Gasteiger partial charge in [0.2, 0.25) is 5.91 Å². The lowest BCUT2D eigenvalue weighted by atomic mass is 10.0. The van der Waals surface area contributed by atoms with Gasteiger partial charge in [0.1, 0.15) is 0 Å². The number of carbonyl (C=O) groups is 1. The quantitative estimate of drug-likeness (QED) is 0.942. The number of halogens is 3. The molecule has 0 fully saturated rings. The number of hydrogen-bond donors (Lipinski definition) is 1. The number of amides is 1. The number of nitrogens with zero attached hydrogens (tertiary/aromatic N) is 1. The monoisotopic (exact) mass is 308 g/mol. The Morgan fingerprint density at radius 2 is 1.86 bits per heavy atom. The number of rotatable bonds is 4. The Kier molecular flexibility index (Phi) is 4.80. The van der Waals surface area contributed by atoms with Gasteiger partial charge in [-0.3, -0.25) is 9.78 Å². The zero-order valence-corrected chi connectivity index (χ0v) is 11.9. The molecule has 2 aromatic rings. The van der Waals surface area contributed by atoms with Gasteiger partial charge in [-0.1, -0.05) is 6.07 Å². The Bertz CT molecular complexity index is 654. The van der Waals surface area contributed by atoms with Crippen molar-refractivity contribution in [2.75, 3.05) is 0 Å². The van der Waals surface area contributed by atoms with Crippen molar-refractivity contribution >= 4 is 5.91 Å². The van der Waals surface area contributed by atoms with Gasteiger partial charge in [0.25, 0.3) is 0 Å². The van der Waals surface area contributed by atoms with Crippen LogP contribution in [0.25, 0.3) is 0 Å². The smallest absolute Gasteiger partial charge is 0.352 e. The number of benzene rings is 1. The standard InChI is InChI=1S/C16H15F3N2O/c1-11-8-14(16(17,18)19)3-2-13(11)10-21-15(22)9-12-4-6-20-7-5-12/h2-8H,9-10H2,1H3,(H,21,22). The van der Waals surface area contributed by atoms with E-state index < -0.39 is 11.7 Å². The minimum absolute atomic E-state index is 0.189. The summed E-state index contributed by atoms with van der Waals surface area (Å²) >= 11 is 0. The van der Waals surface area contributed by atoms with Crippen molar-refractivity contribution in [3.05, 3.63) is 65.0 Å². The number of hydrogen-bond acceptors (Lipinski definition) is 2. The molecule has 1 N–H and O–H groups in total. The van der Waals surface area contributed by atoms with E-state index in [1.807, 2.05) is 0 Å². The van der Waals surface area contributed by atoms with E-state index in [0.29, 0.717) is 11.1 Å². The van der Waals surface area contributed by atoms with E-state index in [2.05, 4.69) is 10.3 Å². The predicted octanol–water partition coefficient (Wildman–Crippen LogP) is 3.27. The van der Waals surface area contributed by atoms with Crippen molar-refractivity contribution < 1.29 is 18.0 Å². The molecule has 0 atom stereocenters. The first-order valence-corrected chi connectivity index (χ1v) is 6.68. The van der Waals surface area contributed by atoms with E-state index in [1.165, 1.54) is 6.07 Å². The van der Waals surface area contributed by atoms with Gasteiger partial charge < -0.3 is 5.32 Å². The van der Waals surface area contributed by atoms with Crippen molar-refractivity contribution in [2.24, 2.45) is 0 Å². The number of carbonyl (C=O) groups excluding carboxylic acids is 1. The van der Waals surface area contributed by atoms with Crippen LogP contribution in [0, 0.1) is 6.92 Å². The third-order valence-electron chi connectivity index (χ3n) is 3.26. The van der Waals surface area contributed by atoms with Crippen molar-refractivity contribution in [3.8, 4) is 0 Å². The summed E-state index contributed by atoms with van der Waals surface area (Å²) in [6, 6.07) is 6.98. The van der Waals surface area contributed by atoms with Crippen LogP contribution in [0.2, 0.25) is 0 Å². The van der Waals surface area contributed by atoms with Gasteiger partial charge in [0.15, 0.2) is 0 Å². The molecule has 0 aliphatic heterocycles. The zero-order valence-electron chi connectivity index (χ0n) is 11.9. The Balaban J connectivity index is 1.96. The van der Waals surface area contributed by atoms with Crippen LogP contribution < -0.4 is 5.32 Å². The third kappa shape index (κ3) is 4.31. The minimum atomic E-state index is -4.35. The molecule has 0 radical (unpaired) electrons. The molecular weight excluding hydrogens is 293 g/mol. The summed E-state index contributed by atoms with van der Waals surface area (Å²) in [6.45, 7) is 1.80. The second-order valence-corrected chi connectivity index (χ2v) is 4.95. The molecule has 2 rings (SSSR count). The molecule has 0 spiro atoms. The molecule has 3 nitrogen and oxygen atoms in total. The van der Waals surface area contributed by atoms with Gasteiger partial charge in [0, 0.05) is 18.9 Å². The topological polar surface area (TPSA) is 42.0 Å². The SMILES string of the molecule is Cc1cc(C(F)(F)F)ccc1CNC(=O)Cc1ccncc1. The first-order valence-electron chi connectivity index (χ1n) is 6.68. The van der Waals surface area contributed by atoms with Crippen LogP contribution in [0.3, 0.4) is 0 Å². The fourth-order valence-corrected chi connectivity index (χ4v) is 2.01.